The molecule has 0 radical (unpaired) electrons. The summed E-state index contributed by atoms with van der Waals surface area (Å²) in [6.07, 6.45) is -0.364. The van der Waals surface area contributed by atoms with Crippen molar-refractivity contribution in [1.82, 2.24) is 25.3 Å². The molecule has 24 heavy (non-hydrogen) atoms. The summed E-state index contributed by atoms with van der Waals surface area (Å²) in [4.78, 5) is 34.7. The molecule has 0 aromatic heterocycles. The number of nitrogens with one attached hydrogen (secondary N) is 2. The van der Waals surface area contributed by atoms with Gasteiger partial charge in [-0.2, -0.15) is 0 Å². The third-order valence-electron chi connectivity index (χ3n) is 4.55. The zero-order chi connectivity index (χ0) is 17.9. The van der Waals surface area contributed by atoms with E-state index in [9.17, 15) is 9.59 Å². The van der Waals surface area contributed by atoms with E-state index in [1.54, 1.807) is 7.05 Å². The number of carbonyl (C=O) groups is 2. The van der Waals surface area contributed by atoms with Crippen LogP contribution in [-0.2, 0) is 4.79 Å². The van der Waals surface area contributed by atoms with Gasteiger partial charge in [-0.25, -0.2) is 4.79 Å². The zero-order valence-corrected chi connectivity index (χ0v) is 15.4. The third-order valence-corrected chi connectivity index (χ3v) is 4.55. The van der Waals surface area contributed by atoms with E-state index in [1.165, 1.54) is 4.90 Å². The van der Waals surface area contributed by atoms with E-state index in [1.807, 2.05) is 4.90 Å². The average Bonchev–Trinajstić information content (AvgIpc) is 2.88. The second kappa shape index (κ2) is 7.83. The first-order valence-electron chi connectivity index (χ1n) is 8.76. The van der Waals surface area contributed by atoms with E-state index in [4.69, 9.17) is 0 Å². The number of hydrogen-bond acceptors (Lipinski definition) is 4. The van der Waals surface area contributed by atoms with Crippen molar-refractivity contribution in [2.45, 2.75) is 39.9 Å². The Morgan fingerprint density at radius 1 is 1.25 bits per heavy atom. The maximum absolute atomic E-state index is 12.3. The Morgan fingerprint density at radius 2 is 1.92 bits per heavy atom. The first kappa shape index (κ1) is 18.5. The topological polar surface area (TPSA) is 80.3 Å². The van der Waals surface area contributed by atoms with Gasteiger partial charge in [-0.05, 0) is 19.0 Å². The Kier molecular flexibility index (Phi) is 6.04. The number of nitrogens with zero attached hydrogens (tertiary/aromatic N) is 4. The molecule has 2 N–H and O–H groups in total. The van der Waals surface area contributed by atoms with E-state index in [0.717, 1.165) is 19.6 Å². The van der Waals surface area contributed by atoms with Crippen LogP contribution in [0.5, 0.6) is 0 Å². The second-order valence-electron chi connectivity index (χ2n) is 6.72. The summed E-state index contributed by atoms with van der Waals surface area (Å²) in [7, 11) is 1.69. The minimum absolute atomic E-state index is 0.259. The average molecular weight is 338 g/mol. The summed E-state index contributed by atoms with van der Waals surface area (Å²) in [6.45, 7) is 12.7. The van der Waals surface area contributed by atoms with E-state index >= 15 is 0 Å². The van der Waals surface area contributed by atoms with Crippen LogP contribution >= 0.6 is 0 Å². The number of amides is 3. The normalized spacial score (nSPS) is 25.5. The van der Waals surface area contributed by atoms with E-state index in [-0.39, 0.29) is 18.1 Å². The SMILES string of the molecule is CCN(CC)CCN=C1NC2C(C(=O)NC(=O)N2C)N1CC(C)C. The highest BCUT2D eigenvalue weighted by molar-refractivity contribution is 6.04. The fourth-order valence-electron chi connectivity index (χ4n) is 3.15. The lowest BCUT2D eigenvalue weighted by atomic mass is 10.1. The fraction of sp³-hybridized carbons (Fsp3) is 0.812. The fourth-order valence-corrected chi connectivity index (χ4v) is 3.15. The molecule has 2 fully saturated rings. The molecule has 0 aromatic rings. The van der Waals surface area contributed by atoms with Crippen LogP contribution in [0.1, 0.15) is 27.7 Å². The maximum atomic E-state index is 12.3. The molecule has 0 aromatic carbocycles. The molecule has 2 aliphatic rings. The number of aliphatic imine (C=N–C) groups is 1. The first-order valence-corrected chi connectivity index (χ1v) is 8.76. The van der Waals surface area contributed by atoms with Crippen molar-refractivity contribution in [3.63, 3.8) is 0 Å². The standard InChI is InChI=1S/C16H30N6O2/c1-6-21(7-2)9-8-17-15-18-13-12(22(15)10-11(3)4)14(23)19-16(24)20(13)5/h11-13H,6-10H2,1-5H3,(H,17,18)(H,19,23,24). The molecule has 2 rings (SSSR count). The minimum atomic E-state index is -0.428. The number of imide groups is 1. The number of rotatable bonds is 7. The molecule has 3 amide bonds. The Morgan fingerprint density at radius 3 is 2.50 bits per heavy atom. The van der Waals surface area contributed by atoms with Gasteiger partial charge in [-0.3, -0.25) is 15.1 Å². The van der Waals surface area contributed by atoms with Crippen LogP contribution in [0.15, 0.2) is 4.99 Å². The van der Waals surface area contributed by atoms with Crippen molar-refractivity contribution in [2.75, 3.05) is 39.8 Å². The Balaban J connectivity index is 2.17. The van der Waals surface area contributed by atoms with Crippen molar-refractivity contribution in [3.05, 3.63) is 0 Å². The van der Waals surface area contributed by atoms with E-state index < -0.39 is 6.04 Å². The quantitative estimate of drug-likeness (QED) is 0.689. The van der Waals surface area contributed by atoms with Crippen molar-refractivity contribution >= 4 is 17.9 Å². The van der Waals surface area contributed by atoms with Crippen molar-refractivity contribution < 1.29 is 9.59 Å². The van der Waals surface area contributed by atoms with Gasteiger partial charge in [0.2, 0.25) is 0 Å². The number of likely N-dealkylation sites (N-methyl/N-ethyl adjacent to an activating group) is 2. The summed E-state index contributed by atoms with van der Waals surface area (Å²) in [5, 5.41) is 5.69. The Labute approximate surface area is 144 Å². The third kappa shape index (κ3) is 3.80. The van der Waals surface area contributed by atoms with Gasteiger partial charge in [0.05, 0.1) is 6.54 Å². The molecule has 8 heteroatoms. The van der Waals surface area contributed by atoms with Crippen LogP contribution in [0, 0.1) is 5.92 Å². The van der Waals surface area contributed by atoms with Gasteiger partial charge in [0.25, 0.3) is 5.91 Å². The molecule has 0 bridgehead atoms. The molecule has 0 aliphatic carbocycles. The number of carbonyl (C=O) groups excluding carboxylic acids is 2. The Hall–Kier alpha value is -1.83. The maximum Gasteiger partial charge on any atom is 0.325 e. The number of hydrogen-bond donors (Lipinski definition) is 2. The van der Waals surface area contributed by atoms with Gasteiger partial charge in [0.15, 0.2) is 12.0 Å². The smallest absolute Gasteiger partial charge is 0.325 e. The summed E-state index contributed by atoms with van der Waals surface area (Å²) in [6, 6.07) is -0.801. The van der Waals surface area contributed by atoms with Crippen molar-refractivity contribution in [3.8, 4) is 0 Å². The molecular weight excluding hydrogens is 308 g/mol. The van der Waals surface area contributed by atoms with Crippen LogP contribution in [0.3, 0.4) is 0 Å². The molecule has 8 nitrogen and oxygen atoms in total. The number of guanidine groups is 1. The van der Waals surface area contributed by atoms with Crippen LogP contribution in [0.4, 0.5) is 4.79 Å². The summed E-state index contributed by atoms with van der Waals surface area (Å²) in [5.74, 6) is 0.835. The second-order valence-corrected chi connectivity index (χ2v) is 6.72. The van der Waals surface area contributed by atoms with Crippen LogP contribution < -0.4 is 10.6 Å². The molecule has 2 aliphatic heterocycles. The lowest BCUT2D eigenvalue weighted by Crippen LogP contribution is -2.65. The van der Waals surface area contributed by atoms with E-state index in [2.05, 4.69) is 48.2 Å². The molecular formula is C16H30N6O2. The highest BCUT2D eigenvalue weighted by Gasteiger charge is 2.49. The zero-order valence-electron chi connectivity index (χ0n) is 15.4. The van der Waals surface area contributed by atoms with Gasteiger partial charge in [0.1, 0.15) is 6.17 Å². The number of fused-ring (bicyclic) bond motifs is 1. The molecule has 2 unspecified atom stereocenters. The van der Waals surface area contributed by atoms with Crippen molar-refractivity contribution in [1.29, 1.82) is 0 Å². The predicted octanol–water partition coefficient (Wildman–Crippen LogP) is 0.122. The summed E-state index contributed by atoms with van der Waals surface area (Å²) >= 11 is 0. The van der Waals surface area contributed by atoms with Crippen molar-refractivity contribution in [2.24, 2.45) is 10.9 Å². The predicted molar refractivity (Wildman–Crippen MR) is 93.6 cm³/mol. The monoisotopic (exact) mass is 338 g/mol. The molecule has 2 atom stereocenters. The lowest BCUT2D eigenvalue weighted by Gasteiger charge is -2.35. The number of urea groups is 1. The van der Waals surface area contributed by atoms with Gasteiger partial charge >= 0.3 is 6.03 Å². The summed E-state index contributed by atoms with van der Waals surface area (Å²) in [5.41, 5.74) is 0. The largest absolute Gasteiger partial charge is 0.334 e. The molecule has 2 heterocycles. The summed E-state index contributed by atoms with van der Waals surface area (Å²) < 4.78 is 0. The lowest BCUT2D eigenvalue weighted by molar-refractivity contribution is -0.127. The molecule has 136 valence electrons. The van der Waals surface area contributed by atoms with Crippen LogP contribution in [-0.4, -0.2) is 84.6 Å². The Bertz CT molecular complexity index is 503. The van der Waals surface area contributed by atoms with Gasteiger partial charge < -0.3 is 20.0 Å². The molecule has 0 saturated carbocycles. The highest BCUT2D eigenvalue weighted by atomic mass is 16.2. The van der Waals surface area contributed by atoms with Gasteiger partial charge in [-0.1, -0.05) is 27.7 Å². The molecule has 2 saturated heterocycles. The van der Waals surface area contributed by atoms with Gasteiger partial charge in [-0.15, -0.1) is 0 Å². The van der Waals surface area contributed by atoms with E-state index in [0.29, 0.717) is 25.0 Å². The van der Waals surface area contributed by atoms with Crippen LogP contribution in [0.2, 0.25) is 0 Å². The minimum Gasteiger partial charge on any atom is -0.334 e. The highest BCUT2D eigenvalue weighted by Crippen LogP contribution is 2.21. The molecule has 0 spiro atoms. The van der Waals surface area contributed by atoms with Gasteiger partial charge in [0, 0.05) is 20.1 Å². The van der Waals surface area contributed by atoms with Crippen LogP contribution in [0.25, 0.3) is 0 Å². The first-order chi connectivity index (χ1) is 11.4.